The van der Waals surface area contributed by atoms with Gasteiger partial charge in [-0.3, -0.25) is 4.79 Å². The summed E-state index contributed by atoms with van der Waals surface area (Å²) in [7, 11) is 0. The zero-order chi connectivity index (χ0) is 14.5. The summed E-state index contributed by atoms with van der Waals surface area (Å²) in [6, 6.07) is 0. The first kappa shape index (κ1) is 15.1. The van der Waals surface area contributed by atoms with Crippen molar-refractivity contribution in [2.24, 2.45) is 5.92 Å². The number of carbonyl (C=O) groups excluding carboxylic acids is 1. The molecule has 0 amide bonds. The fraction of sp³-hybridized carbons (Fsp3) is 0.688. The Balaban J connectivity index is 2.24. The van der Waals surface area contributed by atoms with Gasteiger partial charge in [0.2, 0.25) is 0 Å². The molecule has 0 radical (unpaired) electrons. The molecule has 0 bridgehead atoms. The first-order valence-corrected chi connectivity index (χ1v) is 7.59. The monoisotopic (exact) mass is 276 g/mol. The van der Waals surface area contributed by atoms with Crippen LogP contribution in [0.4, 0.5) is 0 Å². The van der Waals surface area contributed by atoms with Gasteiger partial charge in [-0.2, -0.15) is 0 Å². The van der Waals surface area contributed by atoms with E-state index in [9.17, 15) is 4.79 Å². The zero-order valence-corrected chi connectivity index (χ0v) is 12.7. The highest BCUT2D eigenvalue weighted by atomic mass is 16.5. The number of carbonyl (C=O) groups is 1. The molecule has 2 rings (SSSR count). The molecule has 1 unspecified atom stereocenters. The smallest absolute Gasteiger partial charge is 0.163 e. The molecule has 0 aliphatic heterocycles. The van der Waals surface area contributed by atoms with Gasteiger partial charge in [0.05, 0.1) is 11.3 Å². The van der Waals surface area contributed by atoms with Crippen molar-refractivity contribution in [1.29, 1.82) is 0 Å². The van der Waals surface area contributed by atoms with Crippen LogP contribution in [0.25, 0.3) is 0 Å². The van der Waals surface area contributed by atoms with E-state index in [1.165, 1.54) is 32.1 Å². The topological polar surface area (TPSA) is 52.1 Å². The summed E-state index contributed by atoms with van der Waals surface area (Å²) in [5.74, 6) is 1.26. The number of hydrogen-bond donors (Lipinski definition) is 0. The summed E-state index contributed by atoms with van der Waals surface area (Å²) >= 11 is 0. The molecule has 1 aliphatic carbocycles. The van der Waals surface area contributed by atoms with Crippen LogP contribution in [0.5, 0.6) is 0 Å². The molecule has 4 nitrogen and oxygen atoms in total. The van der Waals surface area contributed by atoms with Gasteiger partial charge in [-0.15, -0.1) is 0 Å². The van der Waals surface area contributed by atoms with E-state index in [-0.39, 0.29) is 11.9 Å². The summed E-state index contributed by atoms with van der Waals surface area (Å²) in [4.78, 5) is 20.4. The number of rotatable bonds is 5. The van der Waals surface area contributed by atoms with Gasteiger partial charge < -0.3 is 4.74 Å². The lowest BCUT2D eigenvalue weighted by Crippen LogP contribution is -2.22. The predicted molar refractivity (Wildman–Crippen MR) is 77.7 cm³/mol. The average molecular weight is 276 g/mol. The Labute approximate surface area is 121 Å². The van der Waals surface area contributed by atoms with E-state index < -0.39 is 0 Å². The lowest BCUT2D eigenvalue weighted by molar-refractivity contribution is -0.000322. The van der Waals surface area contributed by atoms with Crippen LogP contribution in [0.15, 0.2) is 6.20 Å². The number of nitrogens with zero attached hydrogens (tertiary/aromatic N) is 2. The van der Waals surface area contributed by atoms with Crippen LogP contribution in [0.2, 0.25) is 0 Å². The van der Waals surface area contributed by atoms with Crippen molar-refractivity contribution in [2.75, 3.05) is 6.61 Å². The maximum atomic E-state index is 11.5. The average Bonchev–Trinajstić information content (AvgIpc) is 2.45. The molecule has 1 aromatic heterocycles. The van der Waals surface area contributed by atoms with Crippen molar-refractivity contribution >= 4 is 5.78 Å². The zero-order valence-electron chi connectivity index (χ0n) is 12.7. The maximum Gasteiger partial charge on any atom is 0.163 e. The Kier molecular flexibility index (Phi) is 5.24. The van der Waals surface area contributed by atoms with E-state index in [0.717, 1.165) is 11.5 Å². The number of aryl methyl sites for hydroxylation is 1. The van der Waals surface area contributed by atoms with E-state index in [4.69, 9.17) is 4.74 Å². The number of ketones is 1. The normalized spacial score (nSPS) is 17.9. The molecule has 4 heteroatoms. The quantitative estimate of drug-likeness (QED) is 0.770. The predicted octanol–water partition coefficient (Wildman–Crippen LogP) is 3.65. The van der Waals surface area contributed by atoms with Gasteiger partial charge in [-0.25, -0.2) is 9.97 Å². The molecule has 1 aliphatic rings. The van der Waals surface area contributed by atoms with Crippen molar-refractivity contribution in [3.8, 4) is 0 Å². The second-order valence-corrected chi connectivity index (χ2v) is 5.56. The third kappa shape index (κ3) is 3.42. The second-order valence-electron chi connectivity index (χ2n) is 5.56. The summed E-state index contributed by atoms with van der Waals surface area (Å²) in [5.41, 5.74) is 1.36. The molecule has 0 spiro atoms. The van der Waals surface area contributed by atoms with Crippen molar-refractivity contribution in [3.05, 3.63) is 23.3 Å². The minimum absolute atomic E-state index is 0.0136. The van der Waals surface area contributed by atoms with Crippen molar-refractivity contribution in [2.45, 2.75) is 59.0 Å². The van der Waals surface area contributed by atoms with Crippen molar-refractivity contribution < 1.29 is 9.53 Å². The van der Waals surface area contributed by atoms with Crippen LogP contribution < -0.4 is 0 Å². The van der Waals surface area contributed by atoms with E-state index in [0.29, 0.717) is 18.1 Å². The molecule has 1 aromatic rings. The fourth-order valence-corrected chi connectivity index (χ4v) is 3.01. The van der Waals surface area contributed by atoms with Crippen LogP contribution in [0.1, 0.15) is 73.9 Å². The van der Waals surface area contributed by atoms with Gasteiger partial charge in [0.1, 0.15) is 6.10 Å². The lowest BCUT2D eigenvalue weighted by Gasteiger charge is -2.29. The van der Waals surface area contributed by atoms with Crippen molar-refractivity contribution in [3.63, 3.8) is 0 Å². The lowest BCUT2D eigenvalue weighted by atomic mass is 9.85. The number of ether oxygens (including phenoxy) is 1. The summed E-state index contributed by atoms with van der Waals surface area (Å²) in [6.07, 6.45) is 7.83. The molecule has 1 heterocycles. The first-order chi connectivity index (χ1) is 9.63. The molecule has 110 valence electrons. The van der Waals surface area contributed by atoms with E-state index in [1.807, 2.05) is 13.8 Å². The minimum Gasteiger partial charge on any atom is -0.370 e. The SMILES string of the molecule is CCOC(c1ncc(C(C)=O)c(C)n1)C1CCCCC1. The standard InChI is InChI=1S/C16H24N2O2/c1-4-20-15(13-8-6-5-7-9-13)16-17-10-14(12(3)19)11(2)18-16/h10,13,15H,4-9H2,1-3H3. The number of aromatic nitrogens is 2. The highest BCUT2D eigenvalue weighted by Crippen LogP contribution is 2.35. The summed E-state index contributed by atoms with van der Waals surface area (Å²) < 4.78 is 5.91. The van der Waals surface area contributed by atoms with Crippen molar-refractivity contribution in [1.82, 2.24) is 9.97 Å². The molecule has 0 saturated heterocycles. The Morgan fingerprint density at radius 3 is 2.65 bits per heavy atom. The van der Waals surface area contributed by atoms with Gasteiger partial charge in [-0.1, -0.05) is 19.3 Å². The molecular formula is C16H24N2O2. The van der Waals surface area contributed by atoms with Crippen LogP contribution >= 0.6 is 0 Å². The minimum atomic E-state index is -0.0278. The van der Waals surface area contributed by atoms with Gasteiger partial charge in [0, 0.05) is 12.8 Å². The highest BCUT2D eigenvalue weighted by Gasteiger charge is 2.28. The van der Waals surface area contributed by atoms with Gasteiger partial charge in [0.15, 0.2) is 11.6 Å². The number of Topliss-reactive ketones (excluding diaryl/α,β-unsaturated/α-hetero) is 1. The summed E-state index contributed by atoms with van der Waals surface area (Å²) in [6.45, 7) is 6.09. The second kappa shape index (κ2) is 6.93. The first-order valence-electron chi connectivity index (χ1n) is 7.59. The molecule has 1 atom stereocenters. The molecule has 1 saturated carbocycles. The molecule has 1 fully saturated rings. The Morgan fingerprint density at radius 1 is 1.40 bits per heavy atom. The van der Waals surface area contributed by atoms with E-state index in [1.54, 1.807) is 13.1 Å². The molecule has 20 heavy (non-hydrogen) atoms. The van der Waals surface area contributed by atoms with Gasteiger partial charge >= 0.3 is 0 Å². The third-order valence-electron chi connectivity index (χ3n) is 4.06. The Morgan fingerprint density at radius 2 is 2.10 bits per heavy atom. The molecule has 0 aromatic carbocycles. The largest absolute Gasteiger partial charge is 0.370 e. The Bertz CT molecular complexity index is 468. The highest BCUT2D eigenvalue weighted by molar-refractivity contribution is 5.94. The van der Waals surface area contributed by atoms with Gasteiger partial charge in [-0.05, 0) is 39.5 Å². The van der Waals surface area contributed by atoms with Crippen LogP contribution in [0.3, 0.4) is 0 Å². The molecular weight excluding hydrogens is 252 g/mol. The van der Waals surface area contributed by atoms with E-state index in [2.05, 4.69) is 9.97 Å². The fourth-order valence-electron chi connectivity index (χ4n) is 3.01. The third-order valence-corrected chi connectivity index (χ3v) is 4.06. The maximum absolute atomic E-state index is 11.5. The number of hydrogen-bond acceptors (Lipinski definition) is 4. The van der Waals surface area contributed by atoms with Crippen LogP contribution in [0, 0.1) is 12.8 Å². The van der Waals surface area contributed by atoms with Crippen LogP contribution in [-0.2, 0) is 4.74 Å². The molecule has 0 N–H and O–H groups in total. The van der Waals surface area contributed by atoms with Gasteiger partial charge in [0.25, 0.3) is 0 Å². The summed E-state index contributed by atoms with van der Waals surface area (Å²) in [5, 5.41) is 0. The van der Waals surface area contributed by atoms with Crippen LogP contribution in [-0.4, -0.2) is 22.4 Å². The van der Waals surface area contributed by atoms with E-state index >= 15 is 0 Å². The Hall–Kier alpha value is -1.29.